The highest BCUT2D eigenvalue weighted by atomic mass is 79.9. The Balaban J connectivity index is 1.79. The van der Waals surface area contributed by atoms with Gasteiger partial charge in [-0.05, 0) is 80.4 Å². The predicted octanol–water partition coefficient (Wildman–Crippen LogP) is 5.01. The maximum absolute atomic E-state index is 12.1. The highest BCUT2D eigenvalue weighted by molar-refractivity contribution is 9.13. The van der Waals surface area contributed by atoms with Gasteiger partial charge >= 0.3 is 0 Å². The van der Waals surface area contributed by atoms with Gasteiger partial charge in [0, 0.05) is 10.2 Å². The first-order chi connectivity index (χ1) is 9.13. The van der Waals surface area contributed by atoms with E-state index in [1.54, 1.807) is 0 Å². The van der Waals surface area contributed by atoms with Gasteiger partial charge in [0.05, 0.1) is 8.66 Å². The third-order valence-electron chi connectivity index (χ3n) is 3.23. The summed E-state index contributed by atoms with van der Waals surface area (Å²) < 4.78 is 1.85. The molecule has 1 aliphatic carbocycles. The van der Waals surface area contributed by atoms with Gasteiger partial charge in [0.1, 0.15) is 0 Å². The van der Waals surface area contributed by atoms with Crippen LogP contribution in [-0.2, 0) is 12.8 Å². The average molecular weight is 401 g/mol. The molecule has 0 fully saturated rings. The van der Waals surface area contributed by atoms with Crippen molar-refractivity contribution in [3.05, 3.63) is 48.5 Å². The quantitative estimate of drug-likeness (QED) is 0.753. The minimum Gasteiger partial charge on any atom is -0.321 e. The van der Waals surface area contributed by atoms with Gasteiger partial charge in [-0.1, -0.05) is 6.07 Å². The molecule has 0 bridgehead atoms. The van der Waals surface area contributed by atoms with Crippen molar-refractivity contribution < 1.29 is 4.79 Å². The Bertz CT molecular complexity index is 631. The number of anilines is 1. The van der Waals surface area contributed by atoms with Gasteiger partial charge in [0.15, 0.2) is 0 Å². The smallest absolute Gasteiger partial charge is 0.265 e. The summed E-state index contributed by atoms with van der Waals surface area (Å²) in [5.41, 5.74) is 3.66. The van der Waals surface area contributed by atoms with E-state index in [0.29, 0.717) is 4.88 Å². The van der Waals surface area contributed by atoms with Crippen LogP contribution in [0.5, 0.6) is 0 Å². The summed E-state index contributed by atoms with van der Waals surface area (Å²) in [7, 11) is 0. The molecule has 1 aromatic heterocycles. The van der Waals surface area contributed by atoms with Crippen molar-refractivity contribution in [2.45, 2.75) is 19.3 Å². The Kier molecular flexibility index (Phi) is 3.78. The molecule has 0 spiro atoms. The van der Waals surface area contributed by atoms with Gasteiger partial charge in [-0.2, -0.15) is 0 Å². The molecule has 0 saturated carbocycles. The molecule has 5 heteroatoms. The monoisotopic (exact) mass is 399 g/mol. The fourth-order valence-corrected chi connectivity index (χ4v) is 4.23. The Morgan fingerprint density at radius 2 is 1.95 bits per heavy atom. The first kappa shape index (κ1) is 13.3. The molecule has 98 valence electrons. The van der Waals surface area contributed by atoms with Gasteiger partial charge in [-0.3, -0.25) is 4.79 Å². The number of halogens is 2. The van der Waals surface area contributed by atoms with E-state index >= 15 is 0 Å². The zero-order valence-corrected chi connectivity index (χ0v) is 14.0. The van der Waals surface area contributed by atoms with E-state index < -0.39 is 0 Å². The number of amides is 1. The van der Waals surface area contributed by atoms with Crippen LogP contribution in [0.1, 0.15) is 27.2 Å². The maximum Gasteiger partial charge on any atom is 0.265 e. The summed E-state index contributed by atoms with van der Waals surface area (Å²) in [6, 6.07) is 8.04. The normalized spacial score (nSPS) is 13.4. The number of fused-ring (bicyclic) bond motifs is 1. The fraction of sp³-hybridized carbons (Fsp3) is 0.214. The van der Waals surface area contributed by atoms with Crippen LogP contribution in [0.2, 0.25) is 0 Å². The number of carbonyl (C=O) groups is 1. The molecule has 3 rings (SSSR count). The zero-order chi connectivity index (χ0) is 13.4. The van der Waals surface area contributed by atoms with E-state index in [0.717, 1.165) is 26.8 Å². The van der Waals surface area contributed by atoms with Crippen molar-refractivity contribution in [3.63, 3.8) is 0 Å². The first-order valence-electron chi connectivity index (χ1n) is 6.01. The lowest BCUT2D eigenvalue weighted by atomic mass is 10.1. The molecule has 1 aromatic carbocycles. The van der Waals surface area contributed by atoms with Gasteiger partial charge < -0.3 is 5.32 Å². The van der Waals surface area contributed by atoms with Crippen molar-refractivity contribution in [3.8, 4) is 0 Å². The van der Waals surface area contributed by atoms with Crippen LogP contribution in [-0.4, -0.2) is 5.91 Å². The van der Waals surface area contributed by atoms with E-state index in [2.05, 4.69) is 49.3 Å². The highest BCUT2D eigenvalue weighted by Gasteiger charge is 2.14. The Hall–Kier alpha value is -0.650. The Morgan fingerprint density at radius 1 is 1.16 bits per heavy atom. The molecule has 1 heterocycles. The summed E-state index contributed by atoms with van der Waals surface area (Å²) >= 11 is 8.22. The SMILES string of the molecule is O=C(Nc1ccc2c(c1)CCC2)c1cc(Br)c(Br)s1. The summed E-state index contributed by atoms with van der Waals surface area (Å²) in [4.78, 5) is 12.8. The lowest BCUT2D eigenvalue weighted by Crippen LogP contribution is -2.10. The topological polar surface area (TPSA) is 29.1 Å². The number of benzene rings is 1. The molecule has 1 aliphatic rings. The van der Waals surface area contributed by atoms with Crippen LogP contribution < -0.4 is 5.32 Å². The van der Waals surface area contributed by atoms with E-state index in [4.69, 9.17) is 0 Å². The van der Waals surface area contributed by atoms with Crippen molar-refractivity contribution in [1.82, 2.24) is 0 Å². The number of rotatable bonds is 2. The van der Waals surface area contributed by atoms with Crippen LogP contribution in [0.25, 0.3) is 0 Å². The number of hydrogen-bond acceptors (Lipinski definition) is 2. The van der Waals surface area contributed by atoms with Crippen LogP contribution in [0.4, 0.5) is 5.69 Å². The molecular formula is C14H11Br2NOS. The molecule has 1 amide bonds. The minimum atomic E-state index is -0.0608. The lowest BCUT2D eigenvalue weighted by molar-refractivity contribution is 0.103. The summed E-state index contributed by atoms with van der Waals surface area (Å²) in [5.74, 6) is -0.0608. The maximum atomic E-state index is 12.1. The third kappa shape index (κ3) is 2.78. The molecule has 2 nitrogen and oxygen atoms in total. The van der Waals surface area contributed by atoms with Crippen molar-refractivity contribution in [2.24, 2.45) is 0 Å². The highest BCUT2D eigenvalue weighted by Crippen LogP contribution is 2.33. The number of carbonyl (C=O) groups excluding carboxylic acids is 1. The van der Waals surface area contributed by atoms with Gasteiger partial charge in [-0.25, -0.2) is 0 Å². The molecule has 2 aromatic rings. The van der Waals surface area contributed by atoms with Crippen LogP contribution in [0.3, 0.4) is 0 Å². The fourth-order valence-electron chi connectivity index (χ4n) is 2.30. The lowest BCUT2D eigenvalue weighted by Gasteiger charge is -2.06. The molecule has 0 aliphatic heterocycles. The Morgan fingerprint density at radius 3 is 2.68 bits per heavy atom. The number of thiophene rings is 1. The van der Waals surface area contributed by atoms with E-state index in [-0.39, 0.29) is 5.91 Å². The largest absolute Gasteiger partial charge is 0.321 e. The average Bonchev–Trinajstić information content (AvgIpc) is 2.96. The predicted molar refractivity (Wildman–Crippen MR) is 86.1 cm³/mol. The second-order valence-corrected chi connectivity index (χ2v) is 7.75. The number of nitrogens with one attached hydrogen (secondary N) is 1. The van der Waals surface area contributed by atoms with Gasteiger partial charge in [0.25, 0.3) is 5.91 Å². The molecular weight excluding hydrogens is 390 g/mol. The standard InChI is InChI=1S/C14H11Br2NOS/c15-11-7-12(19-13(11)16)14(18)17-10-5-4-8-2-1-3-9(8)6-10/h4-7H,1-3H2,(H,17,18). The molecule has 1 N–H and O–H groups in total. The molecule has 19 heavy (non-hydrogen) atoms. The van der Waals surface area contributed by atoms with Crippen LogP contribution in [0.15, 0.2) is 32.5 Å². The summed E-state index contributed by atoms with van der Waals surface area (Å²) in [6.45, 7) is 0. The first-order valence-corrected chi connectivity index (χ1v) is 8.42. The third-order valence-corrected chi connectivity index (χ3v) is 6.48. The molecule has 0 radical (unpaired) electrons. The molecule has 0 saturated heterocycles. The van der Waals surface area contributed by atoms with Crippen molar-refractivity contribution >= 4 is 54.8 Å². The molecule has 0 atom stereocenters. The van der Waals surface area contributed by atoms with Crippen LogP contribution >= 0.6 is 43.2 Å². The summed E-state index contributed by atoms with van der Waals surface area (Å²) in [5, 5.41) is 2.96. The van der Waals surface area contributed by atoms with Gasteiger partial charge in [0.2, 0.25) is 0 Å². The van der Waals surface area contributed by atoms with Gasteiger partial charge in [-0.15, -0.1) is 11.3 Å². The van der Waals surface area contributed by atoms with E-state index in [9.17, 15) is 4.79 Å². The minimum absolute atomic E-state index is 0.0608. The second-order valence-electron chi connectivity index (χ2n) is 4.52. The Labute approximate surface area is 132 Å². The van der Waals surface area contributed by atoms with Crippen LogP contribution in [0, 0.1) is 0 Å². The zero-order valence-electron chi connectivity index (χ0n) is 10.0. The number of aryl methyl sites for hydroxylation is 2. The van der Waals surface area contributed by atoms with E-state index in [1.165, 1.54) is 28.9 Å². The second kappa shape index (κ2) is 5.38. The summed E-state index contributed by atoms with van der Waals surface area (Å²) in [6.07, 6.45) is 3.50. The van der Waals surface area contributed by atoms with Crippen molar-refractivity contribution in [2.75, 3.05) is 5.32 Å². The number of hydrogen-bond donors (Lipinski definition) is 1. The van der Waals surface area contributed by atoms with Crippen molar-refractivity contribution in [1.29, 1.82) is 0 Å². The molecule has 0 unspecified atom stereocenters. The van der Waals surface area contributed by atoms with E-state index in [1.807, 2.05) is 12.1 Å².